The van der Waals surface area contributed by atoms with Crippen LogP contribution in [0.25, 0.3) is 0 Å². The zero-order chi connectivity index (χ0) is 15.7. The average molecular weight is 308 g/mol. The Morgan fingerprint density at radius 1 is 0.652 bits per heavy atom. The second-order valence-corrected chi connectivity index (χ2v) is 5.20. The van der Waals surface area contributed by atoms with E-state index in [0.29, 0.717) is 26.3 Å². The molecule has 1 aliphatic heterocycles. The van der Waals surface area contributed by atoms with Crippen molar-refractivity contribution in [1.82, 2.24) is 0 Å². The summed E-state index contributed by atoms with van der Waals surface area (Å²) in [6, 6.07) is 15.9. The molecule has 1 heterocycles. The van der Waals surface area contributed by atoms with E-state index in [1.807, 2.05) is 61.0 Å². The van der Waals surface area contributed by atoms with Crippen molar-refractivity contribution in [2.45, 2.75) is 6.42 Å². The van der Waals surface area contributed by atoms with Crippen LogP contribution >= 0.6 is 0 Å². The van der Waals surface area contributed by atoms with Gasteiger partial charge in [-0.15, -0.1) is 0 Å². The summed E-state index contributed by atoms with van der Waals surface area (Å²) in [6.45, 7) is 2.52. The van der Waals surface area contributed by atoms with Crippen LogP contribution in [0.3, 0.4) is 0 Å². The van der Waals surface area contributed by atoms with Gasteiger partial charge in [0, 0.05) is 30.0 Å². The zero-order valence-electron chi connectivity index (χ0n) is 13.0. The van der Waals surface area contributed by atoms with Crippen molar-refractivity contribution in [2.75, 3.05) is 26.3 Å². The second kappa shape index (κ2) is 8.13. The summed E-state index contributed by atoms with van der Waals surface area (Å²) in [5.41, 5.74) is 1.99. The van der Waals surface area contributed by atoms with Crippen molar-refractivity contribution in [2.24, 2.45) is 9.98 Å². The fourth-order valence-electron chi connectivity index (χ4n) is 2.30. The van der Waals surface area contributed by atoms with E-state index in [4.69, 9.17) is 9.47 Å². The van der Waals surface area contributed by atoms with Crippen LogP contribution in [0.5, 0.6) is 11.5 Å². The van der Waals surface area contributed by atoms with Gasteiger partial charge in [0.25, 0.3) is 0 Å². The highest BCUT2D eigenvalue weighted by atomic mass is 16.5. The molecule has 0 atom stereocenters. The molecule has 2 aromatic rings. The van der Waals surface area contributed by atoms with Gasteiger partial charge in [0.15, 0.2) is 0 Å². The minimum absolute atomic E-state index is 0.612. The third-order valence-corrected chi connectivity index (χ3v) is 3.46. The molecule has 3 rings (SSSR count). The first kappa shape index (κ1) is 15.3. The van der Waals surface area contributed by atoms with Crippen LogP contribution in [0, 0.1) is 0 Å². The molecule has 118 valence electrons. The molecular formula is C19H20N2O2. The lowest BCUT2D eigenvalue weighted by atomic mass is 10.2. The summed E-state index contributed by atoms with van der Waals surface area (Å²) in [5, 5.41) is 0. The maximum absolute atomic E-state index is 5.85. The number of nitrogens with zero attached hydrogens (tertiary/aromatic N) is 2. The van der Waals surface area contributed by atoms with E-state index in [9.17, 15) is 0 Å². The summed E-state index contributed by atoms with van der Waals surface area (Å²) in [5.74, 6) is 1.71. The van der Waals surface area contributed by atoms with Crippen molar-refractivity contribution >= 4 is 12.4 Å². The smallest absolute Gasteiger partial charge is 0.128 e. The Bertz CT molecular complexity index is 636. The molecule has 4 heteroatoms. The number of fused-ring (bicyclic) bond motifs is 2. The molecule has 1 aliphatic rings. The number of ether oxygens (including phenoxy) is 2. The van der Waals surface area contributed by atoms with Crippen LogP contribution in [0.15, 0.2) is 58.5 Å². The van der Waals surface area contributed by atoms with Crippen molar-refractivity contribution in [3.05, 3.63) is 59.7 Å². The molecule has 0 radical (unpaired) electrons. The molecule has 0 amide bonds. The van der Waals surface area contributed by atoms with E-state index in [1.54, 1.807) is 0 Å². The maximum Gasteiger partial charge on any atom is 0.128 e. The normalized spacial score (nSPS) is 15.3. The monoisotopic (exact) mass is 308 g/mol. The maximum atomic E-state index is 5.85. The van der Waals surface area contributed by atoms with E-state index in [-0.39, 0.29) is 0 Å². The van der Waals surface area contributed by atoms with Gasteiger partial charge in [0.05, 0.1) is 26.3 Å². The summed E-state index contributed by atoms with van der Waals surface area (Å²) < 4.78 is 11.7. The molecule has 0 unspecified atom stereocenters. The molecular weight excluding hydrogens is 288 g/mol. The third kappa shape index (κ3) is 4.42. The minimum atomic E-state index is 0.612. The van der Waals surface area contributed by atoms with Gasteiger partial charge in [0.1, 0.15) is 11.5 Å². The van der Waals surface area contributed by atoms with Crippen LogP contribution in [0.1, 0.15) is 17.5 Å². The minimum Gasteiger partial charge on any atom is -0.493 e. The van der Waals surface area contributed by atoms with E-state index in [0.717, 1.165) is 29.0 Å². The topological polar surface area (TPSA) is 43.2 Å². The molecule has 0 N–H and O–H groups in total. The van der Waals surface area contributed by atoms with Crippen LogP contribution < -0.4 is 9.47 Å². The second-order valence-electron chi connectivity index (χ2n) is 5.20. The molecule has 23 heavy (non-hydrogen) atoms. The molecule has 0 fully saturated rings. The standard InChI is InChI=1S/C19H20N2O2/c1-3-8-18-16(6-1)14-20-10-11-21-15-17-7-2-4-9-19(17)23-13-5-12-22-18/h1-4,6-9,14-15H,5,10-13H2. The van der Waals surface area contributed by atoms with Crippen molar-refractivity contribution < 1.29 is 9.47 Å². The van der Waals surface area contributed by atoms with Gasteiger partial charge in [-0.1, -0.05) is 24.3 Å². The fourth-order valence-corrected chi connectivity index (χ4v) is 2.30. The van der Waals surface area contributed by atoms with E-state index in [1.165, 1.54) is 0 Å². The van der Waals surface area contributed by atoms with Gasteiger partial charge in [-0.2, -0.15) is 0 Å². The van der Waals surface area contributed by atoms with Crippen LogP contribution in [0.4, 0.5) is 0 Å². The average Bonchev–Trinajstić information content (AvgIpc) is 2.60. The van der Waals surface area contributed by atoms with Gasteiger partial charge < -0.3 is 9.47 Å². The lowest BCUT2D eigenvalue weighted by Crippen LogP contribution is -2.07. The van der Waals surface area contributed by atoms with Crippen molar-refractivity contribution in [1.29, 1.82) is 0 Å². The summed E-state index contributed by atoms with van der Waals surface area (Å²) in [4.78, 5) is 8.86. The Labute approximate surface area is 136 Å². The lowest BCUT2D eigenvalue weighted by molar-refractivity contribution is 0.247. The Balaban J connectivity index is 1.75. The van der Waals surface area contributed by atoms with Gasteiger partial charge in [-0.3, -0.25) is 9.98 Å². The molecule has 0 saturated heterocycles. The molecule has 0 aromatic heterocycles. The predicted octanol–water partition coefficient (Wildman–Crippen LogP) is 3.39. The number of hydrogen-bond acceptors (Lipinski definition) is 4. The molecule has 2 aromatic carbocycles. The SMILES string of the molecule is C1=NCCN=Cc2ccccc2OCCCOc2ccccc21. The number of hydrogen-bond donors (Lipinski definition) is 0. The van der Waals surface area contributed by atoms with Crippen LogP contribution in [-0.2, 0) is 0 Å². The number of benzene rings is 2. The Hall–Kier alpha value is -2.62. The Morgan fingerprint density at radius 2 is 1.13 bits per heavy atom. The third-order valence-electron chi connectivity index (χ3n) is 3.46. The number of aliphatic imine (C=N–C) groups is 2. The molecule has 4 nitrogen and oxygen atoms in total. The predicted molar refractivity (Wildman–Crippen MR) is 93.4 cm³/mol. The lowest BCUT2D eigenvalue weighted by Gasteiger charge is -2.11. The van der Waals surface area contributed by atoms with Gasteiger partial charge >= 0.3 is 0 Å². The van der Waals surface area contributed by atoms with Gasteiger partial charge in [0.2, 0.25) is 0 Å². The van der Waals surface area contributed by atoms with Crippen LogP contribution in [0.2, 0.25) is 0 Å². The zero-order valence-corrected chi connectivity index (χ0v) is 13.0. The number of para-hydroxylation sites is 2. The van der Waals surface area contributed by atoms with Gasteiger partial charge in [-0.25, -0.2) is 0 Å². The summed E-state index contributed by atoms with van der Waals surface area (Å²) >= 11 is 0. The highest BCUT2D eigenvalue weighted by Crippen LogP contribution is 2.18. The fraction of sp³-hybridized carbons (Fsp3) is 0.263. The highest BCUT2D eigenvalue weighted by Gasteiger charge is 2.03. The quantitative estimate of drug-likeness (QED) is 0.749. The Kier molecular flexibility index (Phi) is 5.40. The van der Waals surface area contributed by atoms with E-state index < -0.39 is 0 Å². The first-order valence-electron chi connectivity index (χ1n) is 7.87. The number of rotatable bonds is 0. The van der Waals surface area contributed by atoms with Crippen molar-refractivity contribution in [3.8, 4) is 11.5 Å². The largest absolute Gasteiger partial charge is 0.493 e. The van der Waals surface area contributed by atoms with Gasteiger partial charge in [-0.05, 0) is 24.3 Å². The molecule has 0 saturated carbocycles. The molecule has 0 spiro atoms. The van der Waals surface area contributed by atoms with Crippen LogP contribution in [-0.4, -0.2) is 38.7 Å². The first-order chi connectivity index (χ1) is 11.4. The molecule has 0 aliphatic carbocycles. The van der Waals surface area contributed by atoms with Crippen molar-refractivity contribution in [3.63, 3.8) is 0 Å². The van der Waals surface area contributed by atoms with E-state index in [2.05, 4.69) is 9.98 Å². The Morgan fingerprint density at radius 3 is 1.65 bits per heavy atom. The first-order valence-corrected chi connectivity index (χ1v) is 7.87. The summed E-state index contributed by atoms with van der Waals surface area (Å²) in [7, 11) is 0. The van der Waals surface area contributed by atoms with E-state index >= 15 is 0 Å². The summed E-state index contributed by atoms with van der Waals surface area (Å²) in [6.07, 6.45) is 4.53. The highest BCUT2D eigenvalue weighted by molar-refractivity contribution is 5.84. The molecule has 0 bridgehead atoms.